The Bertz CT molecular complexity index is 626. The van der Waals surface area contributed by atoms with Gasteiger partial charge in [0.1, 0.15) is 11.5 Å². The topological polar surface area (TPSA) is 18.5 Å². The summed E-state index contributed by atoms with van der Waals surface area (Å²) >= 11 is 0. The first-order valence-corrected chi connectivity index (χ1v) is 9.48. The van der Waals surface area contributed by atoms with Crippen molar-refractivity contribution in [2.75, 3.05) is 14.2 Å². The Morgan fingerprint density at radius 2 is 1.48 bits per heavy atom. The van der Waals surface area contributed by atoms with E-state index in [2.05, 4.69) is 24.3 Å². The van der Waals surface area contributed by atoms with Crippen LogP contribution in [0.4, 0.5) is 0 Å². The van der Waals surface area contributed by atoms with Gasteiger partial charge < -0.3 is 9.47 Å². The van der Waals surface area contributed by atoms with Gasteiger partial charge in [-0.2, -0.15) is 0 Å². The molecule has 0 aromatic heterocycles. The van der Waals surface area contributed by atoms with Gasteiger partial charge in [-0.15, -0.1) is 0 Å². The maximum absolute atomic E-state index is 5.61. The number of methoxy groups -OCH3 is 2. The maximum Gasteiger partial charge on any atom is 0.130 e. The first kappa shape index (κ1) is 16.3. The van der Waals surface area contributed by atoms with Crippen LogP contribution in [0.5, 0.6) is 11.5 Å². The monoisotopic (exact) mass is 328 g/mol. The van der Waals surface area contributed by atoms with Gasteiger partial charge in [0, 0.05) is 0 Å². The molecule has 2 aromatic carbocycles. The average Bonchev–Trinajstić information content (AvgIpc) is 2.62. The van der Waals surface area contributed by atoms with Crippen LogP contribution in [0.1, 0.15) is 32.1 Å². The number of rotatable bonds is 5. The minimum atomic E-state index is 0.839. The van der Waals surface area contributed by atoms with Crippen molar-refractivity contribution < 1.29 is 9.47 Å². The Hall–Kier alpha value is -1.53. The number of hydrogen-bond acceptors (Lipinski definition) is 2. The molecule has 0 bridgehead atoms. The summed E-state index contributed by atoms with van der Waals surface area (Å²) in [5.41, 5.74) is 3.17. The maximum atomic E-state index is 5.61. The predicted octanol–water partition coefficient (Wildman–Crippen LogP) is 5.01. The van der Waals surface area contributed by atoms with E-state index in [1.807, 2.05) is 18.2 Å². The molecule has 2 nitrogen and oxygen atoms in total. The number of hydrogen-bond donors (Lipinski definition) is 0. The molecule has 0 amide bonds. The summed E-state index contributed by atoms with van der Waals surface area (Å²) in [6, 6.07) is 14.7. The molecule has 3 heteroatoms. The van der Waals surface area contributed by atoms with Gasteiger partial charge in [-0.3, -0.25) is 0 Å². The van der Waals surface area contributed by atoms with E-state index in [-0.39, 0.29) is 0 Å². The zero-order valence-corrected chi connectivity index (χ0v) is 15.0. The molecular formula is C20H25O2P. The first-order valence-electron chi connectivity index (χ1n) is 8.40. The molecule has 1 saturated carbocycles. The van der Waals surface area contributed by atoms with Crippen molar-refractivity contribution in [2.24, 2.45) is 0 Å². The summed E-state index contributed by atoms with van der Waals surface area (Å²) in [5, 5.41) is 1.43. The van der Waals surface area contributed by atoms with Crippen molar-refractivity contribution in [3.8, 4) is 22.6 Å². The van der Waals surface area contributed by atoms with Gasteiger partial charge in [0.2, 0.25) is 0 Å². The molecule has 1 unspecified atom stereocenters. The fourth-order valence-corrected chi connectivity index (χ4v) is 5.10. The highest BCUT2D eigenvalue weighted by Gasteiger charge is 2.19. The van der Waals surface area contributed by atoms with Gasteiger partial charge in [-0.05, 0) is 41.5 Å². The van der Waals surface area contributed by atoms with E-state index in [1.165, 1.54) is 43.0 Å². The van der Waals surface area contributed by atoms with Crippen molar-refractivity contribution in [3.05, 3.63) is 42.5 Å². The smallest absolute Gasteiger partial charge is 0.130 e. The quantitative estimate of drug-likeness (QED) is 0.719. The zero-order valence-electron chi connectivity index (χ0n) is 14.0. The molecule has 1 aliphatic carbocycles. The van der Waals surface area contributed by atoms with E-state index in [0.29, 0.717) is 0 Å². The van der Waals surface area contributed by atoms with Crippen LogP contribution in [0.25, 0.3) is 11.1 Å². The highest BCUT2D eigenvalue weighted by molar-refractivity contribution is 7.48. The zero-order chi connectivity index (χ0) is 16.1. The van der Waals surface area contributed by atoms with Crippen LogP contribution in [-0.2, 0) is 0 Å². The Morgan fingerprint density at radius 3 is 2.13 bits per heavy atom. The second-order valence-electron chi connectivity index (χ2n) is 6.06. The van der Waals surface area contributed by atoms with Gasteiger partial charge in [-0.25, -0.2) is 0 Å². The lowest BCUT2D eigenvalue weighted by Gasteiger charge is -2.23. The molecule has 0 spiro atoms. The average molecular weight is 328 g/mol. The molecule has 0 aliphatic heterocycles. The molecular weight excluding hydrogens is 303 g/mol. The third-order valence-electron chi connectivity index (χ3n) is 4.59. The highest BCUT2D eigenvalue weighted by Crippen LogP contribution is 2.41. The lowest BCUT2D eigenvalue weighted by molar-refractivity contribution is 0.397. The van der Waals surface area contributed by atoms with Crippen LogP contribution in [0, 0.1) is 0 Å². The number of ether oxygens (including phenoxy) is 2. The lowest BCUT2D eigenvalue weighted by Crippen LogP contribution is -2.12. The SMILES string of the molecule is COc1cccc(OC)c1-c1ccccc1PC1CCCCC1. The minimum Gasteiger partial charge on any atom is -0.496 e. The summed E-state index contributed by atoms with van der Waals surface area (Å²) in [5.74, 6) is 1.76. The minimum absolute atomic E-state index is 0.839. The summed E-state index contributed by atoms with van der Waals surface area (Å²) in [6.45, 7) is 0. The third kappa shape index (κ3) is 3.70. The molecule has 1 atom stereocenters. The van der Waals surface area contributed by atoms with Gasteiger partial charge in [-0.1, -0.05) is 58.2 Å². The molecule has 23 heavy (non-hydrogen) atoms. The molecule has 2 aromatic rings. The third-order valence-corrected chi connectivity index (χ3v) is 6.32. The van der Waals surface area contributed by atoms with E-state index in [9.17, 15) is 0 Å². The van der Waals surface area contributed by atoms with Crippen molar-refractivity contribution in [2.45, 2.75) is 37.8 Å². The van der Waals surface area contributed by atoms with Gasteiger partial charge >= 0.3 is 0 Å². The first-order chi connectivity index (χ1) is 11.3. The van der Waals surface area contributed by atoms with E-state index < -0.39 is 0 Å². The number of benzene rings is 2. The highest BCUT2D eigenvalue weighted by atomic mass is 31.1. The van der Waals surface area contributed by atoms with Crippen molar-refractivity contribution in [1.29, 1.82) is 0 Å². The van der Waals surface area contributed by atoms with E-state index in [4.69, 9.17) is 9.47 Å². The van der Waals surface area contributed by atoms with Crippen LogP contribution in [0.15, 0.2) is 42.5 Å². The summed E-state index contributed by atoms with van der Waals surface area (Å²) in [4.78, 5) is 0. The van der Waals surface area contributed by atoms with Gasteiger partial charge in [0.25, 0.3) is 0 Å². The molecule has 0 saturated heterocycles. The second-order valence-corrected chi connectivity index (χ2v) is 7.71. The standard InChI is InChI=1S/C20H25O2P/c1-21-17-12-8-13-18(22-2)20(17)16-11-6-7-14-19(16)23-15-9-4-3-5-10-15/h6-8,11-15,23H,3-5,9-10H2,1-2H3. The van der Waals surface area contributed by atoms with Gasteiger partial charge in [0.05, 0.1) is 19.8 Å². The van der Waals surface area contributed by atoms with E-state index >= 15 is 0 Å². The fourth-order valence-electron chi connectivity index (χ4n) is 3.41. The molecule has 122 valence electrons. The van der Waals surface area contributed by atoms with Crippen LogP contribution < -0.4 is 14.8 Å². The van der Waals surface area contributed by atoms with E-state index in [1.54, 1.807) is 14.2 Å². The predicted molar refractivity (Wildman–Crippen MR) is 99.8 cm³/mol. The molecule has 0 N–H and O–H groups in total. The Balaban J connectivity index is 2.00. The van der Waals surface area contributed by atoms with Crippen LogP contribution in [0.3, 0.4) is 0 Å². The van der Waals surface area contributed by atoms with Crippen LogP contribution >= 0.6 is 8.58 Å². The largest absolute Gasteiger partial charge is 0.496 e. The Kier molecular flexibility index (Phi) is 5.56. The van der Waals surface area contributed by atoms with Crippen molar-refractivity contribution >= 4 is 13.9 Å². The van der Waals surface area contributed by atoms with Crippen molar-refractivity contribution in [3.63, 3.8) is 0 Å². The molecule has 1 aliphatic rings. The molecule has 3 rings (SSSR count). The molecule has 0 heterocycles. The van der Waals surface area contributed by atoms with Crippen molar-refractivity contribution in [1.82, 2.24) is 0 Å². The van der Waals surface area contributed by atoms with Crippen LogP contribution in [-0.4, -0.2) is 19.9 Å². The lowest BCUT2D eigenvalue weighted by atomic mass is 10.0. The van der Waals surface area contributed by atoms with E-state index in [0.717, 1.165) is 31.3 Å². The molecule has 0 radical (unpaired) electrons. The normalized spacial score (nSPS) is 15.9. The Labute approximate surface area is 141 Å². The van der Waals surface area contributed by atoms with Crippen LogP contribution in [0.2, 0.25) is 0 Å². The summed E-state index contributed by atoms with van der Waals surface area (Å²) in [7, 11) is 4.32. The Morgan fingerprint density at radius 1 is 0.826 bits per heavy atom. The second kappa shape index (κ2) is 7.84. The van der Waals surface area contributed by atoms with Gasteiger partial charge in [0.15, 0.2) is 0 Å². The molecule has 1 fully saturated rings. The fraction of sp³-hybridized carbons (Fsp3) is 0.400. The summed E-state index contributed by atoms with van der Waals surface area (Å²) < 4.78 is 11.2. The summed E-state index contributed by atoms with van der Waals surface area (Å²) in [6.07, 6.45) is 6.92.